The number of hydrogen-bond acceptors (Lipinski definition) is 4. The van der Waals surface area contributed by atoms with Gasteiger partial charge in [-0.15, -0.1) is 0 Å². The van der Waals surface area contributed by atoms with Crippen molar-refractivity contribution in [3.63, 3.8) is 0 Å². The van der Waals surface area contributed by atoms with E-state index in [1.807, 2.05) is 0 Å². The number of hydrogen-bond donors (Lipinski definition) is 2. The summed E-state index contributed by atoms with van der Waals surface area (Å²) >= 11 is 9.47. The van der Waals surface area contributed by atoms with Gasteiger partial charge in [0.1, 0.15) is 11.4 Å². The van der Waals surface area contributed by atoms with Gasteiger partial charge in [-0.25, -0.2) is 4.98 Å². The second-order valence-electron chi connectivity index (χ2n) is 6.52. The van der Waals surface area contributed by atoms with Crippen LogP contribution >= 0.6 is 27.5 Å². The van der Waals surface area contributed by atoms with Crippen LogP contribution in [-0.4, -0.2) is 42.2 Å². The zero-order valence-corrected chi connectivity index (χ0v) is 19.2. The summed E-state index contributed by atoms with van der Waals surface area (Å²) in [5, 5.41) is 5.68. The number of carbonyl (C=O) groups excluding carboxylic acids is 1. The fraction of sp³-hybridized carbons (Fsp3) is 0.238. The van der Waals surface area contributed by atoms with Gasteiger partial charge in [0.25, 0.3) is 5.91 Å². The number of nitrogens with zero attached hydrogens (tertiary/aromatic N) is 2. The summed E-state index contributed by atoms with van der Waals surface area (Å²) in [6.07, 6.45) is -4.06. The molecular formula is C21H17BrClF3N4O2. The van der Waals surface area contributed by atoms with Crippen molar-refractivity contribution in [2.75, 3.05) is 26.0 Å². The number of amides is 1. The van der Waals surface area contributed by atoms with Crippen molar-refractivity contribution in [2.45, 2.75) is 12.6 Å². The average Bonchev–Trinajstić information content (AvgIpc) is 3.08. The lowest BCUT2D eigenvalue weighted by Crippen LogP contribution is -2.18. The van der Waals surface area contributed by atoms with Crippen LogP contribution in [0.1, 0.15) is 21.7 Å². The van der Waals surface area contributed by atoms with Gasteiger partial charge in [-0.2, -0.15) is 13.2 Å². The van der Waals surface area contributed by atoms with E-state index in [1.165, 1.54) is 36.9 Å². The molecule has 11 heteroatoms. The summed E-state index contributed by atoms with van der Waals surface area (Å²) in [5.74, 6) is 5.49. The Labute approximate surface area is 195 Å². The molecule has 0 spiro atoms. The fourth-order valence-corrected chi connectivity index (χ4v) is 3.66. The predicted molar refractivity (Wildman–Crippen MR) is 119 cm³/mol. The molecule has 0 radical (unpaired) electrons. The summed E-state index contributed by atoms with van der Waals surface area (Å²) in [6, 6.07) is 6.31. The normalized spacial score (nSPS) is 11.1. The molecule has 0 aliphatic carbocycles. The number of nitrogens with one attached hydrogen (secondary N) is 2. The number of aromatic nitrogens is 2. The maximum absolute atomic E-state index is 13.1. The molecule has 168 valence electrons. The third kappa shape index (κ3) is 5.29. The number of imidazole rings is 1. The minimum absolute atomic E-state index is 0.0380. The van der Waals surface area contributed by atoms with E-state index in [1.54, 1.807) is 12.1 Å². The highest BCUT2D eigenvalue weighted by Crippen LogP contribution is 2.31. The first-order valence-corrected chi connectivity index (χ1v) is 10.4. The van der Waals surface area contributed by atoms with Crippen LogP contribution in [0.2, 0.25) is 5.02 Å². The second kappa shape index (κ2) is 9.71. The standard InChI is InChI=1S/C21H17BrClF3N4O2/c1-27-20(31)12-9-18(32-2)16(10-14(12)23)28-7-3-6-15-17(11-21(24,25)26)30-8-4-5-13(22)19(30)29-15/h4-5,8-10,28H,7,11H2,1-2H3,(H,27,31). The summed E-state index contributed by atoms with van der Waals surface area (Å²) in [5.41, 5.74) is 1.07. The van der Waals surface area contributed by atoms with Crippen molar-refractivity contribution in [1.82, 2.24) is 14.7 Å². The molecule has 3 aromatic rings. The summed E-state index contributed by atoms with van der Waals surface area (Å²) in [6.45, 7) is 0.0759. The molecule has 3 rings (SSSR count). The average molecular weight is 530 g/mol. The molecule has 0 aliphatic rings. The molecule has 0 fully saturated rings. The van der Waals surface area contributed by atoms with Crippen LogP contribution in [0.15, 0.2) is 34.9 Å². The van der Waals surface area contributed by atoms with Crippen LogP contribution < -0.4 is 15.4 Å². The monoisotopic (exact) mass is 528 g/mol. The molecular weight excluding hydrogens is 513 g/mol. The van der Waals surface area contributed by atoms with Crippen LogP contribution in [0.5, 0.6) is 5.75 Å². The summed E-state index contributed by atoms with van der Waals surface area (Å²) in [7, 11) is 2.92. The Bertz CT molecular complexity index is 1230. The number of alkyl halides is 3. The van der Waals surface area contributed by atoms with Crippen molar-refractivity contribution in [2.24, 2.45) is 0 Å². The van der Waals surface area contributed by atoms with Crippen molar-refractivity contribution in [3.05, 3.63) is 56.9 Å². The Kier molecular flexibility index (Phi) is 7.21. The summed E-state index contributed by atoms with van der Waals surface area (Å²) in [4.78, 5) is 16.1. The Morgan fingerprint density at radius 1 is 1.38 bits per heavy atom. The number of ether oxygens (including phenoxy) is 1. The topological polar surface area (TPSA) is 67.7 Å². The zero-order valence-electron chi connectivity index (χ0n) is 16.9. The van der Waals surface area contributed by atoms with Crippen molar-refractivity contribution < 1.29 is 22.7 Å². The van der Waals surface area contributed by atoms with E-state index in [-0.39, 0.29) is 34.4 Å². The summed E-state index contributed by atoms with van der Waals surface area (Å²) < 4.78 is 46.5. The molecule has 2 N–H and O–H groups in total. The van der Waals surface area contributed by atoms with Crippen LogP contribution in [-0.2, 0) is 6.42 Å². The highest BCUT2D eigenvalue weighted by atomic mass is 79.9. The van der Waals surface area contributed by atoms with Gasteiger partial charge in [-0.3, -0.25) is 4.79 Å². The van der Waals surface area contributed by atoms with Crippen LogP contribution in [0.4, 0.5) is 18.9 Å². The smallest absolute Gasteiger partial charge is 0.394 e. The van der Waals surface area contributed by atoms with Gasteiger partial charge < -0.3 is 19.8 Å². The Balaban J connectivity index is 1.87. The van der Waals surface area contributed by atoms with E-state index >= 15 is 0 Å². The minimum Gasteiger partial charge on any atom is -0.495 e. The number of anilines is 1. The SMILES string of the molecule is CNC(=O)c1cc(OC)c(NCC#Cc2nc3c(Br)cccn3c2CC(F)(F)F)cc1Cl. The molecule has 1 aromatic carbocycles. The van der Waals surface area contributed by atoms with Gasteiger partial charge in [0, 0.05) is 13.2 Å². The minimum atomic E-state index is -4.41. The lowest BCUT2D eigenvalue weighted by molar-refractivity contribution is -0.128. The third-order valence-corrected chi connectivity index (χ3v) is 5.34. The van der Waals surface area contributed by atoms with E-state index in [2.05, 4.69) is 43.4 Å². The first-order valence-electron chi connectivity index (χ1n) is 9.19. The zero-order chi connectivity index (χ0) is 23.5. The molecule has 0 atom stereocenters. The number of halogens is 5. The Morgan fingerprint density at radius 2 is 2.12 bits per heavy atom. The number of carbonyl (C=O) groups is 1. The Morgan fingerprint density at radius 3 is 2.78 bits per heavy atom. The quantitative estimate of drug-likeness (QED) is 0.471. The first-order chi connectivity index (χ1) is 15.1. The first kappa shape index (κ1) is 23.8. The number of methoxy groups -OCH3 is 1. The number of benzene rings is 1. The molecule has 0 aliphatic heterocycles. The highest BCUT2D eigenvalue weighted by molar-refractivity contribution is 9.10. The van der Waals surface area contributed by atoms with E-state index in [9.17, 15) is 18.0 Å². The van der Waals surface area contributed by atoms with Crippen molar-refractivity contribution in [1.29, 1.82) is 0 Å². The van der Waals surface area contributed by atoms with Gasteiger partial charge in [-0.1, -0.05) is 17.5 Å². The van der Waals surface area contributed by atoms with Gasteiger partial charge in [0.15, 0.2) is 5.65 Å². The molecule has 0 bridgehead atoms. The van der Waals surface area contributed by atoms with E-state index in [0.29, 0.717) is 21.6 Å². The fourth-order valence-electron chi connectivity index (χ4n) is 2.98. The number of fused-ring (bicyclic) bond motifs is 1. The van der Waals surface area contributed by atoms with Gasteiger partial charge in [0.2, 0.25) is 0 Å². The van der Waals surface area contributed by atoms with Gasteiger partial charge in [0.05, 0.1) is 46.5 Å². The van der Waals surface area contributed by atoms with Gasteiger partial charge in [-0.05, 0) is 46.1 Å². The third-order valence-electron chi connectivity index (χ3n) is 4.40. The maximum atomic E-state index is 13.1. The Hall–Kier alpha value is -2.90. The van der Waals surface area contributed by atoms with Crippen LogP contribution in [0, 0.1) is 11.8 Å². The van der Waals surface area contributed by atoms with E-state index in [0.717, 1.165) is 0 Å². The van der Waals surface area contributed by atoms with Crippen molar-refractivity contribution in [3.8, 4) is 17.6 Å². The van der Waals surface area contributed by atoms with Crippen LogP contribution in [0.25, 0.3) is 5.65 Å². The molecule has 6 nitrogen and oxygen atoms in total. The molecule has 2 heterocycles. The molecule has 0 saturated heterocycles. The molecule has 2 aromatic heterocycles. The number of rotatable bonds is 5. The molecule has 0 unspecified atom stereocenters. The molecule has 32 heavy (non-hydrogen) atoms. The number of pyridine rings is 1. The van der Waals surface area contributed by atoms with Gasteiger partial charge >= 0.3 is 6.18 Å². The maximum Gasteiger partial charge on any atom is 0.394 e. The van der Waals surface area contributed by atoms with Crippen LogP contribution in [0.3, 0.4) is 0 Å². The largest absolute Gasteiger partial charge is 0.495 e. The van der Waals surface area contributed by atoms with Crippen molar-refractivity contribution >= 4 is 44.8 Å². The predicted octanol–water partition coefficient (Wildman–Crippen LogP) is 4.69. The lowest BCUT2D eigenvalue weighted by atomic mass is 10.1. The molecule has 1 amide bonds. The van der Waals surface area contributed by atoms with E-state index < -0.39 is 12.6 Å². The lowest BCUT2D eigenvalue weighted by Gasteiger charge is -2.12. The highest BCUT2D eigenvalue weighted by Gasteiger charge is 2.31. The second-order valence-corrected chi connectivity index (χ2v) is 7.78. The van der Waals surface area contributed by atoms with E-state index in [4.69, 9.17) is 16.3 Å². The molecule has 0 saturated carbocycles.